The molecule has 3 rings (SSSR count). The van der Waals surface area contributed by atoms with E-state index in [1.165, 1.54) is 4.68 Å². The van der Waals surface area contributed by atoms with Gasteiger partial charge in [-0.15, -0.1) is 0 Å². The highest BCUT2D eigenvalue weighted by Gasteiger charge is 2.20. The second-order valence-electron chi connectivity index (χ2n) is 3.68. The van der Waals surface area contributed by atoms with Crippen LogP contribution in [0.4, 0.5) is 0 Å². The lowest BCUT2D eigenvalue weighted by molar-refractivity contribution is 0.130. The van der Waals surface area contributed by atoms with Crippen LogP contribution in [-0.4, -0.2) is 9.78 Å². The summed E-state index contributed by atoms with van der Waals surface area (Å²) in [7, 11) is 0. The van der Waals surface area contributed by atoms with Crippen molar-refractivity contribution in [2.75, 3.05) is 0 Å². The molecule has 4 nitrogen and oxygen atoms in total. The summed E-state index contributed by atoms with van der Waals surface area (Å²) in [6, 6.07) is 7.16. The number of fused-ring (bicyclic) bond motifs is 1. The third-order valence-corrected chi connectivity index (χ3v) is 2.87. The first kappa shape index (κ1) is 9.69. The molecule has 0 spiro atoms. The first-order valence-corrected chi connectivity index (χ1v) is 5.30. The van der Waals surface area contributed by atoms with E-state index in [0.29, 0.717) is 23.8 Å². The lowest BCUT2D eigenvalue weighted by atomic mass is 10.3. The number of hydrogen-bond donors (Lipinski definition) is 1. The predicted molar refractivity (Wildman–Crippen MR) is 59.9 cm³/mol. The summed E-state index contributed by atoms with van der Waals surface area (Å²) in [4.78, 5) is 12.0. The van der Waals surface area contributed by atoms with Gasteiger partial charge in [-0.1, -0.05) is 17.7 Å². The fourth-order valence-electron chi connectivity index (χ4n) is 1.84. The highest BCUT2D eigenvalue weighted by atomic mass is 35.5. The lowest BCUT2D eigenvalue weighted by Crippen LogP contribution is -2.17. The summed E-state index contributed by atoms with van der Waals surface area (Å²) in [5, 5.41) is 3.63. The van der Waals surface area contributed by atoms with Crippen molar-refractivity contribution < 1.29 is 4.74 Å². The molecule has 0 unspecified atom stereocenters. The summed E-state index contributed by atoms with van der Waals surface area (Å²) in [6.45, 7) is 0.858. The molecule has 0 bridgehead atoms. The Bertz CT molecular complexity index is 600. The Kier molecular flexibility index (Phi) is 2.12. The van der Waals surface area contributed by atoms with Crippen molar-refractivity contribution in [3.8, 4) is 5.69 Å². The van der Waals surface area contributed by atoms with Crippen LogP contribution in [-0.2, 0) is 18.0 Å². The Balaban J connectivity index is 2.18. The van der Waals surface area contributed by atoms with Crippen LogP contribution in [0.25, 0.3) is 5.69 Å². The summed E-state index contributed by atoms with van der Waals surface area (Å²) in [5.41, 5.74) is 2.24. The van der Waals surface area contributed by atoms with E-state index in [0.717, 1.165) is 11.4 Å². The van der Waals surface area contributed by atoms with Gasteiger partial charge in [-0.05, 0) is 18.2 Å². The zero-order valence-electron chi connectivity index (χ0n) is 8.37. The van der Waals surface area contributed by atoms with Gasteiger partial charge in [0.1, 0.15) is 0 Å². The van der Waals surface area contributed by atoms with E-state index in [9.17, 15) is 4.79 Å². The van der Waals surface area contributed by atoms with E-state index in [-0.39, 0.29) is 5.56 Å². The molecular weight excluding hydrogens is 228 g/mol. The smallest absolute Gasteiger partial charge is 0.277 e. The van der Waals surface area contributed by atoms with Gasteiger partial charge in [-0.25, -0.2) is 4.68 Å². The SMILES string of the molecule is O=c1c2c([nH]n1-c1cccc(Cl)c1)COC2. The number of hydrogen-bond acceptors (Lipinski definition) is 2. The van der Waals surface area contributed by atoms with Gasteiger partial charge in [0.2, 0.25) is 0 Å². The van der Waals surface area contributed by atoms with Gasteiger partial charge in [0.15, 0.2) is 0 Å². The summed E-state index contributed by atoms with van der Waals surface area (Å²) in [5.74, 6) is 0. The highest BCUT2D eigenvalue weighted by Crippen LogP contribution is 2.17. The van der Waals surface area contributed by atoms with Gasteiger partial charge in [0.05, 0.1) is 30.2 Å². The number of nitrogens with zero attached hydrogens (tertiary/aromatic N) is 1. The van der Waals surface area contributed by atoms with Gasteiger partial charge < -0.3 is 4.74 Å². The van der Waals surface area contributed by atoms with Crippen LogP contribution in [0.1, 0.15) is 11.3 Å². The number of benzene rings is 1. The molecular formula is C11H9ClN2O2. The van der Waals surface area contributed by atoms with Gasteiger partial charge >= 0.3 is 0 Å². The number of H-pyrrole nitrogens is 1. The minimum absolute atomic E-state index is 0.0604. The lowest BCUT2D eigenvalue weighted by Gasteiger charge is -2.02. The Hall–Kier alpha value is -1.52. The monoisotopic (exact) mass is 236 g/mol. The first-order valence-electron chi connectivity index (χ1n) is 4.92. The van der Waals surface area contributed by atoms with Gasteiger partial charge in [-0.2, -0.15) is 0 Å². The number of aromatic nitrogens is 2. The zero-order chi connectivity index (χ0) is 11.1. The Morgan fingerprint density at radius 3 is 3.00 bits per heavy atom. The average molecular weight is 237 g/mol. The number of aromatic amines is 1. The summed E-state index contributed by atoms with van der Waals surface area (Å²) in [6.07, 6.45) is 0. The number of ether oxygens (including phenoxy) is 1. The van der Waals surface area contributed by atoms with Crippen molar-refractivity contribution in [2.45, 2.75) is 13.2 Å². The topological polar surface area (TPSA) is 47.0 Å². The quantitative estimate of drug-likeness (QED) is 0.822. The molecule has 0 radical (unpaired) electrons. The Labute approximate surface area is 96.4 Å². The van der Waals surface area contributed by atoms with E-state index in [4.69, 9.17) is 16.3 Å². The van der Waals surface area contributed by atoms with Crippen LogP contribution in [0.5, 0.6) is 0 Å². The number of nitrogens with one attached hydrogen (secondary N) is 1. The van der Waals surface area contributed by atoms with Crippen LogP contribution >= 0.6 is 11.6 Å². The molecule has 2 heterocycles. The molecule has 0 atom stereocenters. The van der Waals surface area contributed by atoms with Crippen LogP contribution < -0.4 is 5.56 Å². The Morgan fingerprint density at radius 2 is 2.25 bits per heavy atom. The molecule has 1 aliphatic heterocycles. The molecule has 5 heteroatoms. The summed E-state index contributed by atoms with van der Waals surface area (Å²) >= 11 is 5.89. The van der Waals surface area contributed by atoms with E-state index >= 15 is 0 Å². The van der Waals surface area contributed by atoms with Crippen molar-refractivity contribution in [1.82, 2.24) is 9.78 Å². The van der Waals surface area contributed by atoms with Crippen molar-refractivity contribution in [2.24, 2.45) is 0 Å². The largest absolute Gasteiger partial charge is 0.370 e. The standard InChI is InChI=1S/C11H9ClN2O2/c12-7-2-1-3-8(4-7)14-11(15)9-5-16-6-10(9)13-14/h1-4,13H,5-6H2. The molecule has 0 amide bonds. The molecule has 16 heavy (non-hydrogen) atoms. The molecule has 1 N–H and O–H groups in total. The minimum Gasteiger partial charge on any atom is -0.370 e. The second kappa shape index (κ2) is 3.50. The molecule has 0 aliphatic carbocycles. The molecule has 0 saturated carbocycles. The number of halogens is 1. The fraction of sp³-hybridized carbons (Fsp3) is 0.182. The van der Waals surface area contributed by atoms with Crippen molar-refractivity contribution in [3.63, 3.8) is 0 Å². The zero-order valence-corrected chi connectivity index (χ0v) is 9.12. The van der Waals surface area contributed by atoms with E-state index in [2.05, 4.69) is 5.10 Å². The van der Waals surface area contributed by atoms with Crippen LogP contribution in [0.15, 0.2) is 29.1 Å². The fourth-order valence-corrected chi connectivity index (χ4v) is 2.02. The van der Waals surface area contributed by atoms with Crippen molar-refractivity contribution >= 4 is 11.6 Å². The maximum atomic E-state index is 12.0. The van der Waals surface area contributed by atoms with Crippen LogP contribution in [0, 0.1) is 0 Å². The maximum absolute atomic E-state index is 12.0. The van der Waals surface area contributed by atoms with Gasteiger partial charge in [0.25, 0.3) is 5.56 Å². The van der Waals surface area contributed by atoms with Crippen LogP contribution in [0.3, 0.4) is 0 Å². The number of rotatable bonds is 1. The van der Waals surface area contributed by atoms with E-state index in [1.807, 2.05) is 12.1 Å². The van der Waals surface area contributed by atoms with Gasteiger partial charge in [0, 0.05) is 5.02 Å². The molecule has 2 aromatic rings. The molecule has 0 saturated heterocycles. The third-order valence-electron chi connectivity index (χ3n) is 2.63. The van der Waals surface area contributed by atoms with E-state index < -0.39 is 0 Å². The first-order chi connectivity index (χ1) is 7.75. The highest BCUT2D eigenvalue weighted by molar-refractivity contribution is 6.30. The molecule has 82 valence electrons. The van der Waals surface area contributed by atoms with Crippen molar-refractivity contribution in [3.05, 3.63) is 50.9 Å². The molecule has 0 fully saturated rings. The molecule has 1 aromatic heterocycles. The maximum Gasteiger partial charge on any atom is 0.277 e. The second-order valence-corrected chi connectivity index (χ2v) is 4.12. The normalized spacial score (nSPS) is 14.1. The van der Waals surface area contributed by atoms with Crippen LogP contribution in [0.2, 0.25) is 5.02 Å². The minimum atomic E-state index is -0.0604. The van der Waals surface area contributed by atoms with Gasteiger partial charge in [-0.3, -0.25) is 9.89 Å². The predicted octanol–water partition coefficient (Wildman–Crippen LogP) is 1.85. The van der Waals surface area contributed by atoms with E-state index in [1.54, 1.807) is 12.1 Å². The average Bonchev–Trinajstić information content (AvgIpc) is 2.82. The van der Waals surface area contributed by atoms with Crippen molar-refractivity contribution in [1.29, 1.82) is 0 Å². The Morgan fingerprint density at radius 1 is 1.38 bits per heavy atom. The molecule has 1 aromatic carbocycles. The summed E-state index contributed by atoms with van der Waals surface area (Å²) < 4.78 is 6.68. The third kappa shape index (κ3) is 1.38. The molecule has 1 aliphatic rings.